The summed E-state index contributed by atoms with van der Waals surface area (Å²) in [5.74, 6) is -0.00818. The highest BCUT2D eigenvalue weighted by Crippen LogP contribution is 2.41. The fourth-order valence-electron chi connectivity index (χ4n) is 2.96. The van der Waals surface area contributed by atoms with Crippen LogP contribution in [0.15, 0.2) is 24.3 Å². The Morgan fingerprint density at radius 1 is 1.38 bits per heavy atom. The largest absolute Gasteiger partial charge is 0.323 e. The van der Waals surface area contributed by atoms with Crippen LogP contribution in [0.5, 0.6) is 0 Å². The number of fused-ring (bicyclic) bond motifs is 2. The number of rotatable bonds is 1. The number of aromatic nitrogens is 1. The van der Waals surface area contributed by atoms with Crippen LogP contribution >= 0.6 is 11.3 Å². The lowest BCUT2D eigenvalue weighted by Crippen LogP contribution is -2.34. The fourth-order valence-corrected chi connectivity index (χ4v) is 4.12. The summed E-state index contributed by atoms with van der Waals surface area (Å²) in [5.41, 5.74) is 9.13. The van der Waals surface area contributed by atoms with E-state index in [1.807, 2.05) is 29.2 Å². The van der Waals surface area contributed by atoms with E-state index >= 15 is 0 Å². The molecule has 1 aliphatic heterocycles. The van der Waals surface area contributed by atoms with Crippen molar-refractivity contribution in [2.24, 2.45) is 5.73 Å². The SMILES string of the molecule is NC1CCCc2nc(N3CC(=O)Nc4ccccc43)sc21. The van der Waals surface area contributed by atoms with E-state index in [9.17, 15) is 4.79 Å². The van der Waals surface area contributed by atoms with Crippen LogP contribution in [0.1, 0.15) is 29.5 Å². The molecular weight excluding hydrogens is 284 g/mol. The molecule has 0 saturated heterocycles. The van der Waals surface area contributed by atoms with E-state index in [1.54, 1.807) is 11.3 Å². The summed E-state index contributed by atoms with van der Waals surface area (Å²) in [6.45, 7) is 0.304. The predicted octanol–water partition coefficient (Wildman–Crippen LogP) is 2.57. The second-order valence-electron chi connectivity index (χ2n) is 5.46. The lowest BCUT2D eigenvalue weighted by molar-refractivity contribution is -0.115. The highest BCUT2D eigenvalue weighted by molar-refractivity contribution is 7.16. The number of anilines is 3. The van der Waals surface area contributed by atoms with Crippen LogP contribution in [0.3, 0.4) is 0 Å². The number of para-hydroxylation sites is 2. The average Bonchev–Trinajstić information content (AvgIpc) is 2.92. The highest BCUT2D eigenvalue weighted by atomic mass is 32.1. The maximum Gasteiger partial charge on any atom is 0.244 e. The van der Waals surface area contributed by atoms with E-state index in [2.05, 4.69) is 5.32 Å². The molecule has 0 fully saturated rings. The van der Waals surface area contributed by atoms with Gasteiger partial charge in [-0.15, -0.1) is 0 Å². The standard InChI is InChI=1S/C15H16N4OS/c16-9-4-3-6-11-14(9)21-15(18-11)19-8-13(20)17-10-5-1-2-7-12(10)19/h1-2,5,7,9H,3-4,6,8,16H2,(H,17,20). The number of benzene rings is 1. The fraction of sp³-hybridized carbons (Fsp3) is 0.333. The van der Waals surface area contributed by atoms with Crippen molar-refractivity contribution in [2.45, 2.75) is 25.3 Å². The summed E-state index contributed by atoms with van der Waals surface area (Å²) in [6.07, 6.45) is 3.10. The lowest BCUT2D eigenvalue weighted by atomic mass is 9.99. The van der Waals surface area contributed by atoms with Gasteiger partial charge in [0.1, 0.15) is 6.54 Å². The Kier molecular flexibility index (Phi) is 2.94. The van der Waals surface area contributed by atoms with Gasteiger partial charge in [-0.2, -0.15) is 0 Å². The zero-order valence-corrected chi connectivity index (χ0v) is 12.3. The number of nitrogens with zero attached hydrogens (tertiary/aromatic N) is 2. The van der Waals surface area contributed by atoms with Crippen LogP contribution in [0.4, 0.5) is 16.5 Å². The summed E-state index contributed by atoms with van der Waals surface area (Å²) in [7, 11) is 0. The molecule has 1 aromatic heterocycles. The van der Waals surface area contributed by atoms with E-state index in [0.717, 1.165) is 41.5 Å². The molecule has 5 nitrogen and oxygen atoms in total. The second kappa shape index (κ2) is 4.82. The normalized spacial score (nSPS) is 20.7. The van der Waals surface area contributed by atoms with Gasteiger partial charge in [0.25, 0.3) is 0 Å². The third-order valence-electron chi connectivity index (χ3n) is 3.98. The predicted molar refractivity (Wildman–Crippen MR) is 84.1 cm³/mol. The first-order valence-corrected chi connectivity index (χ1v) is 7.95. The van der Waals surface area contributed by atoms with Gasteiger partial charge < -0.3 is 16.0 Å². The zero-order chi connectivity index (χ0) is 14.4. The number of aryl methyl sites for hydroxylation is 1. The van der Waals surface area contributed by atoms with Gasteiger partial charge in [0.05, 0.1) is 17.1 Å². The van der Waals surface area contributed by atoms with Crippen molar-refractivity contribution in [3.8, 4) is 0 Å². The number of nitrogens with one attached hydrogen (secondary N) is 1. The van der Waals surface area contributed by atoms with Gasteiger partial charge in [-0.1, -0.05) is 23.5 Å². The molecule has 3 N–H and O–H groups in total. The molecule has 21 heavy (non-hydrogen) atoms. The molecule has 6 heteroatoms. The Labute approximate surface area is 126 Å². The molecule has 0 spiro atoms. The molecule has 1 aliphatic carbocycles. The van der Waals surface area contributed by atoms with Gasteiger partial charge in [-0.3, -0.25) is 4.79 Å². The monoisotopic (exact) mass is 300 g/mol. The number of thiazole rings is 1. The van der Waals surface area contributed by atoms with Gasteiger partial charge in [-0.25, -0.2) is 4.98 Å². The molecule has 0 radical (unpaired) electrons. The summed E-state index contributed by atoms with van der Waals surface area (Å²) in [5, 5.41) is 3.78. The molecular formula is C15H16N4OS. The van der Waals surface area contributed by atoms with Crippen LogP contribution in [0.2, 0.25) is 0 Å². The minimum absolute atomic E-state index is 0.00818. The van der Waals surface area contributed by atoms with Gasteiger partial charge in [0, 0.05) is 10.9 Å². The number of amides is 1. The molecule has 2 heterocycles. The average molecular weight is 300 g/mol. The molecule has 0 bridgehead atoms. The number of hydrogen-bond donors (Lipinski definition) is 2. The van der Waals surface area contributed by atoms with Gasteiger partial charge in [0.15, 0.2) is 5.13 Å². The molecule has 2 aliphatic rings. The van der Waals surface area contributed by atoms with Crippen molar-refractivity contribution in [3.63, 3.8) is 0 Å². The van der Waals surface area contributed by atoms with Crippen LogP contribution in [-0.4, -0.2) is 17.4 Å². The van der Waals surface area contributed by atoms with Crippen LogP contribution in [0, 0.1) is 0 Å². The van der Waals surface area contributed by atoms with E-state index in [-0.39, 0.29) is 11.9 Å². The van der Waals surface area contributed by atoms with Crippen molar-refractivity contribution >= 4 is 33.8 Å². The molecule has 2 aromatic rings. The minimum atomic E-state index is -0.00818. The second-order valence-corrected chi connectivity index (χ2v) is 6.47. The zero-order valence-electron chi connectivity index (χ0n) is 11.5. The molecule has 108 valence electrons. The summed E-state index contributed by atoms with van der Waals surface area (Å²) in [4.78, 5) is 19.8. The number of nitrogens with two attached hydrogens (primary N) is 1. The summed E-state index contributed by atoms with van der Waals surface area (Å²) >= 11 is 1.63. The quantitative estimate of drug-likeness (QED) is 0.849. The Balaban J connectivity index is 1.79. The van der Waals surface area contributed by atoms with Crippen molar-refractivity contribution in [1.29, 1.82) is 0 Å². The lowest BCUT2D eigenvalue weighted by Gasteiger charge is -2.28. The number of carbonyl (C=O) groups excluding carboxylic acids is 1. The molecule has 0 saturated carbocycles. The third kappa shape index (κ3) is 2.11. The first-order valence-electron chi connectivity index (χ1n) is 7.14. The third-order valence-corrected chi connectivity index (χ3v) is 5.24. The highest BCUT2D eigenvalue weighted by Gasteiger charge is 2.28. The van der Waals surface area contributed by atoms with Crippen LogP contribution < -0.4 is 16.0 Å². The number of hydrogen-bond acceptors (Lipinski definition) is 5. The first kappa shape index (κ1) is 12.8. The van der Waals surface area contributed by atoms with E-state index in [1.165, 1.54) is 4.88 Å². The molecule has 1 unspecified atom stereocenters. The van der Waals surface area contributed by atoms with Gasteiger partial charge in [0.2, 0.25) is 5.91 Å². The van der Waals surface area contributed by atoms with E-state index < -0.39 is 0 Å². The smallest absolute Gasteiger partial charge is 0.244 e. The van der Waals surface area contributed by atoms with E-state index in [0.29, 0.717) is 6.54 Å². The molecule has 1 atom stereocenters. The Bertz CT molecular complexity index is 711. The van der Waals surface area contributed by atoms with Crippen LogP contribution in [0.25, 0.3) is 0 Å². The van der Waals surface area contributed by atoms with Gasteiger partial charge in [-0.05, 0) is 31.4 Å². The topological polar surface area (TPSA) is 71.2 Å². The molecule has 1 amide bonds. The van der Waals surface area contributed by atoms with Crippen molar-refractivity contribution < 1.29 is 4.79 Å². The Hall–Kier alpha value is -1.92. The minimum Gasteiger partial charge on any atom is -0.323 e. The number of carbonyl (C=O) groups is 1. The van der Waals surface area contributed by atoms with Crippen molar-refractivity contribution in [1.82, 2.24) is 4.98 Å². The first-order chi connectivity index (χ1) is 10.2. The molecule has 4 rings (SSSR count). The maximum absolute atomic E-state index is 11.9. The Morgan fingerprint density at radius 2 is 2.24 bits per heavy atom. The van der Waals surface area contributed by atoms with Crippen molar-refractivity contribution in [3.05, 3.63) is 34.8 Å². The summed E-state index contributed by atoms with van der Waals surface area (Å²) in [6, 6.07) is 7.91. The van der Waals surface area contributed by atoms with Crippen molar-refractivity contribution in [2.75, 3.05) is 16.8 Å². The molecule has 1 aromatic carbocycles. The Morgan fingerprint density at radius 3 is 3.10 bits per heavy atom. The van der Waals surface area contributed by atoms with Crippen LogP contribution in [-0.2, 0) is 11.2 Å². The van der Waals surface area contributed by atoms with E-state index in [4.69, 9.17) is 10.7 Å². The summed E-state index contributed by atoms with van der Waals surface area (Å²) < 4.78 is 0. The van der Waals surface area contributed by atoms with Gasteiger partial charge >= 0.3 is 0 Å². The maximum atomic E-state index is 11.9.